The van der Waals surface area contributed by atoms with Gasteiger partial charge in [0.25, 0.3) is 0 Å². The molecule has 2 aliphatic heterocycles. The van der Waals surface area contributed by atoms with Gasteiger partial charge in [0.1, 0.15) is 0 Å². The highest BCUT2D eigenvalue weighted by Crippen LogP contribution is 2.43. The molecule has 18 heavy (non-hydrogen) atoms. The van der Waals surface area contributed by atoms with Gasteiger partial charge in [0.05, 0.1) is 12.7 Å². The first kappa shape index (κ1) is 12.9. The van der Waals surface area contributed by atoms with Gasteiger partial charge in [-0.05, 0) is 45.2 Å². The van der Waals surface area contributed by atoms with Gasteiger partial charge in [0.2, 0.25) is 0 Å². The zero-order valence-electron chi connectivity index (χ0n) is 11.4. The minimum atomic E-state index is -0.166. The third kappa shape index (κ3) is 2.21. The van der Waals surface area contributed by atoms with Gasteiger partial charge in [-0.25, -0.2) is 0 Å². The molecule has 1 aliphatic carbocycles. The Bertz CT molecular complexity index is 264. The monoisotopic (exact) mass is 253 g/mol. The van der Waals surface area contributed by atoms with Gasteiger partial charge in [-0.3, -0.25) is 4.90 Å². The van der Waals surface area contributed by atoms with Gasteiger partial charge < -0.3 is 9.84 Å². The fraction of sp³-hybridized carbons (Fsp3) is 1.00. The van der Waals surface area contributed by atoms with Crippen LogP contribution < -0.4 is 0 Å². The molecule has 3 rings (SSSR count). The van der Waals surface area contributed by atoms with Gasteiger partial charge in [-0.2, -0.15) is 0 Å². The first-order valence-electron chi connectivity index (χ1n) is 7.84. The first-order valence-corrected chi connectivity index (χ1v) is 7.84. The largest absolute Gasteiger partial charge is 0.391 e. The zero-order chi connectivity index (χ0) is 12.4. The molecule has 0 amide bonds. The maximum atomic E-state index is 10.9. The normalized spacial score (nSPS) is 34.8. The summed E-state index contributed by atoms with van der Waals surface area (Å²) >= 11 is 0. The first-order chi connectivity index (χ1) is 8.83. The Morgan fingerprint density at radius 2 is 1.78 bits per heavy atom. The number of hydrogen-bond acceptors (Lipinski definition) is 3. The van der Waals surface area contributed by atoms with Crippen molar-refractivity contribution in [2.45, 2.75) is 63.0 Å². The van der Waals surface area contributed by atoms with E-state index < -0.39 is 0 Å². The van der Waals surface area contributed by atoms with Crippen LogP contribution in [0.4, 0.5) is 0 Å². The number of rotatable bonds is 3. The minimum absolute atomic E-state index is 0.0960. The summed E-state index contributed by atoms with van der Waals surface area (Å²) in [5, 5.41) is 10.9. The lowest BCUT2D eigenvalue weighted by Crippen LogP contribution is -2.58. The number of piperidine rings is 1. The van der Waals surface area contributed by atoms with Crippen molar-refractivity contribution >= 4 is 0 Å². The lowest BCUT2D eigenvalue weighted by Gasteiger charge is -2.48. The van der Waals surface area contributed by atoms with Crippen molar-refractivity contribution in [3.63, 3.8) is 0 Å². The molecule has 0 aromatic heterocycles. The van der Waals surface area contributed by atoms with E-state index in [-0.39, 0.29) is 11.6 Å². The highest BCUT2D eigenvalue weighted by molar-refractivity contribution is 5.03. The summed E-state index contributed by atoms with van der Waals surface area (Å²) in [4.78, 5) is 2.63. The fourth-order valence-electron chi connectivity index (χ4n) is 4.37. The van der Waals surface area contributed by atoms with Crippen LogP contribution >= 0.6 is 0 Å². The second-order valence-corrected chi connectivity index (χ2v) is 6.43. The van der Waals surface area contributed by atoms with Gasteiger partial charge in [-0.15, -0.1) is 0 Å². The van der Waals surface area contributed by atoms with E-state index in [0.717, 1.165) is 19.6 Å². The Morgan fingerprint density at radius 3 is 2.39 bits per heavy atom. The predicted octanol–water partition coefficient (Wildman–Crippen LogP) is 2.18. The summed E-state index contributed by atoms with van der Waals surface area (Å²) in [5.74, 6) is 0.380. The number of hydrogen-bond donors (Lipinski definition) is 1. The topological polar surface area (TPSA) is 32.7 Å². The van der Waals surface area contributed by atoms with E-state index in [1.54, 1.807) is 0 Å². The molecule has 0 radical (unpaired) electrons. The van der Waals surface area contributed by atoms with Crippen LogP contribution in [0.5, 0.6) is 0 Å². The number of ether oxygens (including phenoxy) is 1. The lowest BCUT2D eigenvalue weighted by atomic mass is 9.79. The number of aliphatic hydroxyl groups is 1. The van der Waals surface area contributed by atoms with E-state index in [9.17, 15) is 5.11 Å². The molecule has 2 atom stereocenters. The highest BCUT2D eigenvalue weighted by atomic mass is 16.5. The van der Waals surface area contributed by atoms with Crippen LogP contribution in [0.3, 0.4) is 0 Å². The molecule has 0 aromatic carbocycles. The van der Waals surface area contributed by atoms with Gasteiger partial charge in [-0.1, -0.05) is 19.3 Å². The number of nitrogens with zero attached hydrogens (tertiary/aromatic N) is 1. The standard InChI is InChI=1S/C15H27NO2/c17-14(13-6-11-18-12-13)15(7-2-3-8-15)16-9-4-1-5-10-16/h13-14,17H,1-12H2. The molecular weight excluding hydrogens is 226 g/mol. The average Bonchev–Trinajstić information content (AvgIpc) is 3.11. The lowest BCUT2D eigenvalue weighted by molar-refractivity contribution is -0.0671. The molecule has 3 fully saturated rings. The maximum Gasteiger partial charge on any atom is 0.0774 e. The summed E-state index contributed by atoms with van der Waals surface area (Å²) in [6, 6.07) is 0. The van der Waals surface area contributed by atoms with Crippen molar-refractivity contribution in [2.24, 2.45) is 5.92 Å². The molecule has 2 unspecified atom stereocenters. The molecule has 0 spiro atoms. The molecule has 104 valence electrons. The van der Waals surface area contributed by atoms with E-state index in [1.165, 1.54) is 58.0 Å². The Hall–Kier alpha value is -0.120. The molecule has 0 aromatic rings. The summed E-state index contributed by atoms with van der Waals surface area (Å²) in [7, 11) is 0. The van der Waals surface area contributed by atoms with E-state index in [1.807, 2.05) is 0 Å². The van der Waals surface area contributed by atoms with Crippen molar-refractivity contribution in [1.82, 2.24) is 4.90 Å². The Morgan fingerprint density at radius 1 is 1.06 bits per heavy atom. The van der Waals surface area contributed by atoms with Crippen molar-refractivity contribution in [3.8, 4) is 0 Å². The van der Waals surface area contributed by atoms with E-state index in [2.05, 4.69) is 4.90 Å². The Kier molecular flexibility index (Phi) is 3.92. The van der Waals surface area contributed by atoms with Crippen molar-refractivity contribution in [1.29, 1.82) is 0 Å². The molecule has 3 aliphatic rings. The summed E-state index contributed by atoms with van der Waals surface area (Å²) < 4.78 is 5.49. The fourth-order valence-corrected chi connectivity index (χ4v) is 4.37. The minimum Gasteiger partial charge on any atom is -0.391 e. The van der Waals surface area contributed by atoms with E-state index >= 15 is 0 Å². The average molecular weight is 253 g/mol. The predicted molar refractivity (Wildman–Crippen MR) is 71.6 cm³/mol. The van der Waals surface area contributed by atoms with Crippen molar-refractivity contribution < 1.29 is 9.84 Å². The van der Waals surface area contributed by atoms with Crippen LogP contribution in [0.2, 0.25) is 0 Å². The maximum absolute atomic E-state index is 10.9. The molecule has 3 nitrogen and oxygen atoms in total. The number of likely N-dealkylation sites (tertiary alicyclic amines) is 1. The number of aliphatic hydroxyl groups excluding tert-OH is 1. The van der Waals surface area contributed by atoms with Crippen LogP contribution in [-0.2, 0) is 4.74 Å². The van der Waals surface area contributed by atoms with Crippen molar-refractivity contribution in [3.05, 3.63) is 0 Å². The highest BCUT2D eigenvalue weighted by Gasteiger charge is 2.48. The van der Waals surface area contributed by atoms with E-state index in [4.69, 9.17) is 4.74 Å². The second kappa shape index (κ2) is 5.48. The Balaban J connectivity index is 1.76. The SMILES string of the molecule is OC(C1CCOC1)C1(N2CCCCC2)CCCC1. The van der Waals surface area contributed by atoms with Crippen LogP contribution in [0.1, 0.15) is 51.4 Å². The molecule has 3 heteroatoms. The molecule has 1 N–H and O–H groups in total. The summed E-state index contributed by atoms with van der Waals surface area (Å²) in [5.41, 5.74) is 0.0960. The van der Waals surface area contributed by atoms with Crippen LogP contribution in [0, 0.1) is 5.92 Å². The molecular formula is C15H27NO2. The second-order valence-electron chi connectivity index (χ2n) is 6.43. The van der Waals surface area contributed by atoms with Crippen molar-refractivity contribution in [2.75, 3.05) is 26.3 Å². The van der Waals surface area contributed by atoms with Gasteiger partial charge >= 0.3 is 0 Å². The third-order valence-corrected chi connectivity index (χ3v) is 5.42. The summed E-state index contributed by atoms with van der Waals surface area (Å²) in [6.45, 7) is 4.02. The zero-order valence-corrected chi connectivity index (χ0v) is 11.4. The van der Waals surface area contributed by atoms with Crippen LogP contribution in [0.25, 0.3) is 0 Å². The molecule has 1 saturated carbocycles. The van der Waals surface area contributed by atoms with Crippen LogP contribution in [-0.4, -0.2) is 48.0 Å². The van der Waals surface area contributed by atoms with Gasteiger partial charge in [0.15, 0.2) is 0 Å². The van der Waals surface area contributed by atoms with Crippen LogP contribution in [0.15, 0.2) is 0 Å². The van der Waals surface area contributed by atoms with Gasteiger partial charge in [0, 0.05) is 18.1 Å². The smallest absolute Gasteiger partial charge is 0.0774 e. The Labute approximate surface area is 110 Å². The van der Waals surface area contributed by atoms with E-state index in [0.29, 0.717) is 5.92 Å². The molecule has 0 bridgehead atoms. The molecule has 2 heterocycles. The molecule has 2 saturated heterocycles. The quantitative estimate of drug-likeness (QED) is 0.837. The summed E-state index contributed by atoms with van der Waals surface area (Å²) in [6.07, 6.45) is 9.87. The third-order valence-electron chi connectivity index (χ3n) is 5.42.